The highest BCUT2D eigenvalue weighted by Crippen LogP contribution is 2.48. The highest BCUT2D eigenvalue weighted by Gasteiger charge is 2.41. The predicted molar refractivity (Wildman–Crippen MR) is 141 cm³/mol. The van der Waals surface area contributed by atoms with E-state index in [2.05, 4.69) is 39.4 Å². The van der Waals surface area contributed by atoms with Crippen LogP contribution in [-0.2, 0) is 9.59 Å². The third-order valence-corrected chi connectivity index (χ3v) is 7.85. The molecule has 0 radical (unpaired) electrons. The van der Waals surface area contributed by atoms with Gasteiger partial charge in [-0.3, -0.25) is 19.7 Å². The lowest BCUT2D eigenvalue weighted by Crippen LogP contribution is -2.33. The minimum absolute atomic E-state index is 0.0109. The van der Waals surface area contributed by atoms with Crippen molar-refractivity contribution in [2.24, 2.45) is 5.10 Å². The first-order chi connectivity index (χ1) is 17.9. The van der Waals surface area contributed by atoms with Gasteiger partial charge in [0.1, 0.15) is 16.7 Å². The molecule has 8 nitrogen and oxygen atoms in total. The number of carbonyl (C=O) groups excluding carboxylic acids is 3. The number of halogens is 1. The van der Waals surface area contributed by atoms with E-state index in [0.29, 0.717) is 5.75 Å². The van der Waals surface area contributed by atoms with E-state index in [-0.39, 0.29) is 12.5 Å². The van der Waals surface area contributed by atoms with Crippen molar-refractivity contribution in [2.45, 2.75) is 30.4 Å². The summed E-state index contributed by atoms with van der Waals surface area (Å²) in [4.78, 5) is 35.3. The lowest BCUT2D eigenvalue weighted by atomic mass is 9.96. The monoisotopic (exact) mass is 577 g/mol. The number of benzene rings is 3. The molecule has 3 aromatic rings. The summed E-state index contributed by atoms with van der Waals surface area (Å²) in [6.45, 7) is 0. The third kappa shape index (κ3) is 4.74. The van der Waals surface area contributed by atoms with Gasteiger partial charge in [0.05, 0.1) is 18.2 Å². The lowest BCUT2D eigenvalue weighted by molar-refractivity contribution is -0.135. The maximum Gasteiger partial charge on any atom is 0.312 e. The third-order valence-electron chi connectivity index (χ3n) is 6.37. The predicted octanol–water partition coefficient (Wildman–Crippen LogP) is 5.34. The van der Waals surface area contributed by atoms with Crippen molar-refractivity contribution < 1.29 is 23.9 Å². The van der Waals surface area contributed by atoms with E-state index < -0.39 is 28.6 Å². The SMILES string of the molecule is O=C(C[C@@H]1SC(=O)NC1=O)Oc1ccc([C@@H]2Oc3ccc(Br)cc3[C@@H]3CC(c4ccccc4)=NN32)cc1. The zero-order valence-electron chi connectivity index (χ0n) is 19.3. The minimum Gasteiger partial charge on any atom is -0.464 e. The molecule has 6 rings (SSSR count). The molecule has 186 valence electrons. The number of hydrogen-bond acceptors (Lipinski definition) is 8. The number of esters is 1. The van der Waals surface area contributed by atoms with Crippen LogP contribution < -0.4 is 14.8 Å². The topological polar surface area (TPSA) is 97.3 Å². The molecule has 3 aliphatic rings. The average Bonchev–Trinajstić information content (AvgIpc) is 3.48. The molecule has 3 aromatic carbocycles. The molecule has 0 aliphatic carbocycles. The molecule has 1 fully saturated rings. The molecule has 1 N–H and O–H groups in total. The summed E-state index contributed by atoms with van der Waals surface area (Å²) in [6, 6.07) is 23.2. The van der Waals surface area contributed by atoms with Gasteiger partial charge in [0.2, 0.25) is 12.1 Å². The summed E-state index contributed by atoms with van der Waals surface area (Å²) in [5, 5.41) is 7.91. The molecule has 3 atom stereocenters. The Morgan fingerprint density at radius 1 is 1.11 bits per heavy atom. The maximum absolute atomic E-state index is 12.3. The Hall–Kier alpha value is -3.63. The molecule has 0 saturated carbocycles. The van der Waals surface area contributed by atoms with E-state index in [1.54, 1.807) is 12.1 Å². The van der Waals surface area contributed by atoms with Crippen LogP contribution in [0.15, 0.2) is 82.4 Å². The second-order valence-electron chi connectivity index (χ2n) is 8.80. The Morgan fingerprint density at radius 2 is 1.89 bits per heavy atom. The van der Waals surface area contributed by atoms with Crippen molar-refractivity contribution >= 4 is 50.5 Å². The Balaban J connectivity index is 1.23. The number of nitrogens with zero attached hydrogens (tertiary/aromatic N) is 2. The molecule has 3 aliphatic heterocycles. The van der Waals surface area contributed by atoms with Crippen molar-refractivity contribution in [3.63, 3.8) is 0 Å². The normalized spacial score (nSPS) is 22.0. The molecular weight excluding hydrogens is 558 g/mol. The Kier molecular flexibility index (Phi) is 6.21. The summed E-state index contributed by atoms with van der Waals surface area (Å²) in [5.74, 6) is 0.0892. The fourth-order valence-corrected chi connectivity index (χ4v) is 5.82. The first-order valence-corrected chi connectivity index (χ1v) is 13.3. The molecule has 10 heteroatoms. The highest BCUT2D eigenvalue weighted by atomic mass is 79.9. The van der Waals surface area contributed by atoms with Gasteiger partial charge >= 0.3 is 5.97 Å². The van der Waals surface area contributed by atoms with Crippen LogP contribution in [0.1, 0.15) is 41.8 Å². The Labute approximate surface area is 225 Å². The van der Waals surface area contributed by atoms with E-state index in [1.807, 2.05) is 47.5 Å². The molecule has 37 heavy (non-hydrogen) atoms. The summed E-state index contributed by atoms with van der Waals surface area (Å²) in [7, 11) is 0. The fourth-order valence-electron chi connectivity index (χ4n) is 4.64. The molecular formula is C27H20BrN3O5S. The summed E-state index contributed by atoms with van der Waals surface area (Å²) in [6.07, 6.45) is 0.0986. The molecule has 0 aromatic heterocycles. The van der Waals surface area contributed by atoms with E-state index in [1.165, 1.54) is 0 Å². The summed E-state index contributed by atoms with van der Waals surface area (Å²) < 4.78 is 12.8. The number of amides is 2. The zero-order valence-corrected chi connectivity index (χ0v) is 21.7. The Morgan fingerprint density at radius 3 is 2.62 bits per heavy atom. The van der Waals surface area contributed by atoms with Gasteiger partial charge in [-0.2, -0.15) is 5.10 Å². The second-order valence-corrected chi connectivity index (χ2v) is 10.9. The molecule has 2 amide bonds. The van der Waals surface area contributed by atoms with E-state index in [0.717, 1.165) is 50.8 Å². The number of thioether (sulfide) groups is 1. The van der Waals surface area contributed by atoms with Crippen molar-refractivity contribution in [3.8, 4) is 11.5 Å². The quantitative estimate of drug-likeness (QED) is 0.323. The molecule has 0 bridgehead atoms. The standard InChI is InChI=1S/C27H20BrN3O5S/c28-17-8-11-22-19(12-17)21-13-20(15-4-2-1-3-5-15)30-31(21)26(36-22)16-6-9-18(10-7-16)35-24(32)14-23-25(33)29-27(34)37-23/h1-12,21,23,26H,13-14H2,(H,29,33,34)/t21-,23-,26-/m0/s1. The van der Waals surface area contributed by atoms with Gasteiger partial charge in [0.15, 0.2) is 0 Å². The highest BCUT2D eigenvalue weighted by molar-refractivity contribution is 9.10. The van der Waals surface area contributed by atoms with Crippen molar-refractivity contribution in [1.29, 1.82) is 0 Å². The van der Waals surface area contributed by atoms with Crippen LogP contribution in [0.4, 0.5) is 4.79 Å². The average molecular weight is 578 g/mol. The fraction of sp³-hybridized carbons (Fsp3) is 0.185. The van der Waals surface area contributed by atoms with Gasteiger partial charge in [-0.25, -0.2) is 5.01 Å². The van der Waals surface area contributed by atoms with Gasteiger partial charge in [0, 0.05) is 22.0 Å². The number of carbonyl (C=O) groups is 3. The van der Waals surface area contributed by atoms with Crippen LogP contribution in [0, 0.1) is 0 Å². The van der Waals surface area contributed by atoms with Gasteiger partial charge < -0.3 is 9.47 Å². The number of imide groups is 1. The number of nitrogens with one attached hydrogen (secondary N) is 1. The van der Waals surface area contributed by atoms with E-state index >= 15 is 0 Å². The number of ether oxygens (including phenoxy) is 2. The molecule has 1 saturated heterocycles. The second kappa shape index (κ2) is 9.68. The van der Waals surface area contributed by atoms with Crippen molar-refractivity contribution in [1.82, 2.24) is 10.3 Å². The van der Waals surface area contributed by atoms with Crippen LogP contribution in [0.2, 0.25) is 0 Å². The lowest BCUT2D eigenvalue weighted by Gasteiger charge is -2.38. The summed E-state index contributed by atoms with van der Waals surface area (Å²) in [5.41, 5.74) is 3.99. The van der Waals surface area contributed by atoms with Crippen molar-refractivity contribution in [3.05, 3.63) is 94.0 Å². The zero-order chi connectivity index (χ0) is 25.5. The van der Waals surface area contributed by atoms with Crippen molar-refractivity contribution in [2.75, 3.05) is 0 Å². The smallest absolute Gasteiger partial charge is 0.312 e. The maximum atomic E-state index is 12.3. The molecule has 0 unspecified atom stereocenters. The minimum atomic E-state index is -0.765. The van der Waals surface area contributed by atoms with Gasteiger partial charge in [-0.1, -0.05) is 58.0 Å². The number of rotatable bonds is 5. The largest absolute Gasteiger partial charge is 0.464 e. The van der Waals surface area contributed by atoms with Gasteiger partial charge in [-0.15, -0.1) is 0 Å². The number of fused-ring (bicyclic) bond motifs is 3. The molecule has 0 spiro atoms. The first kappa shape index (κ1) is 23.7. The number of hydrogen-bond donors (Lipinski definition) is 1. The van der Waals surface area contributed by atoms with Crippen LogP contribution >= 0.6 is 27.7 Å². The van der Waals surface area contributed by atoms with E-state index in [9.17, 15) is 14.4 Å². The van der Waals surface area contributed by atoms with Gasteiger partial charge in [0.25, 0.3) is 5.24 Å². The van der Waals surface area contributed by atoms with Crippen LogP contribution in [-0.4, -0.2) is 33.1 Å². The first-order valence-electron chi connectivity index (χ1n) is 11.6. The Bertz CT molecular complexity index is 1430. The van der Waals surface area contributed by atoms with Crippen LogP contribution in [0.5, 0.6) is 11.5 Å². The summed E-state index contributed by atoms with van der Waals surface area (Å²) >= 11 is 4.37. The number of hydrazone groups is 1. The molecule has 3 heterocycles. The van der Waals surface area contributed by atoms with Crippen LogP contribution in [0.3, 0.4) is 0 Å². The van der Waals surface area contributed by atoms with E-state index in [4.69, 9.17) is 14.6 Å². The van der Waals surface area contributed by atoms with Crippen LogP contribution in [0.25, 0.3) is 0 Å². The van der Waals surface area contributed by atoms with Gasteiger partial charge in [-0.05, 0) is 48.0 Å².